The smallest absolute Gasteiger partial charge is 0.407 e. The van der Waals surface area contributed by atoms with Crippen LogP contribution in [0.2, 0.25) is 0 Å². The second-order valence-corrected chi connectivity index (χ2v) is 10.3. The van der Waals surface area contributed by atoms with Crippen LogP contribution in [-0.2, 0) is 14.3 Å². The fourth-order valence-electron chi connectivity index (χ4n) is 5.88. The van der Waals surface area contributed by atoms with Gasteiger partial charge in [0.2, 0.25) is 5.91 Å². The molecule has 2 unspecified atom stereocenters. The number of hydrogen-bond donors (Lipinski definition) is 2. The summed E-state index contributed by atoms with van der Waals surface area (Å²) in [6.45, 7) is 2.83. The van der Waals surface area contributed by atoms with Crippen LogP contribution in [0.15, 0.2) is 48.5 Å². The molecule has 1 saturated carbocycles. The summed E-state index contributed by atoms with van der Waals surface area (Å²) >= 11 is 0. The van der Waals surface area contributed by atoms with Crippen LogP contribution in [0.25, 0.3) is 11.1 Å². The number of fused-ring (bicyclic) bond motifs is 3. The highest BCUT2D eigenvalue weighted by atomic mass is 16.5. The first-order valence-electron chi connectivity index (χ1n) is 12.5. The van der Waals surface area contributed by atoms with E-state index in [0.29, 0.717) is 38.1 Å². The molecule has 0 spiro atoms. The van der Waals surface area contributed by atoms with Crippen LogP contribution in [0, 0.1) is 11.8 Å². The molecule has 0 aromatic heterocycles. The minimum atomic E-state index is -0.923. The lowest BCUT2D eigenvalue weighted by Gasteiger charge is -2.40. The summed E-state index contributed by atoms with van der Waals surface area (Å²) in [6.07, 6.45) is 2.65. The number of benzene rings is 2. The van der Waals surface area contributed by atoms with Crippen molar-refractivity contribution in [3.63, 3.8) is 0 Å². The molecule has 2 N–H and O–H groups in total. The van der Waals surface area contributed by atoms with Crippen LogP contribution < -0.4 is 5.32 Å². The molecule has 2 aliphatic carbocycles. The van der Waals surface area contributed by atoms with Gasteiger partial charge in [-0.25, -0.2) is 9.59 Å². The van der Waals surface area contributed by atoms with E-state index in [0.717, 1.165) is 6.42 Å². The van der Waals surface area contributed by atoms with Gasteiger partial charge >= 0.3 is 12.1 Å². The van der Waals surface area contributed by atoms with Crippen molar-refractivity contribution in [2.75, 3.05) is 13.2 Å². The molecule has 184 valence electrons. The topological polar surface area (TPSA) is 95.9 Å². The molecule has 7 heteroatoms. The van der Waals surface area contributed by atoms with Crippen molar-refractivity contribution in [1.82, 2.24) is 10.2 Å². The Morgan fingerprint density at radius 1 is 1.00 bits per heavy atom. The van der Waals surface area contributed by atoms with Crippen molar-refractivity contribution < 1.29 is 24.2 Å². The van der Waals surface area contributed by atoms with E-state index >= 15 is 0 Å². The molecule has 1 aliphatic heterocycles. The number of carboxylic acids is 1. The fourth-order valence-corrected chi connectivity index (χ4v) is 5.88. The van der Waals surface area contributed by atoms with Gasteiger partial charge in [-0.05, 0) is 59.8 Å². The lowest BCUT2D eigenvalue weighted by atomic mass is 9.77. The lowest BCUT2D eigenvalue weighted by molar-refractivity contribution is -0.153. The molecule has 2 atom stereocenters. The number of ether oxygens (including phenoxy) is 1. The molecule has 0 radical (unpaired) electrons. The van der Waals surface area contributed by atoms with Crippen LogP contribution in [0.1, 0.15) is 56.1 Å². The van der Waals surface area contributed by atoms with E-state index in [9.17, 15) is 19.5 Å². The van der Waals surface area contributed by atoms with Gasteiger partial charge in [0.15, 0.2) is 0 Å². The van der Waals surface area contributed by atoms with Gasteiger partial charge in [-0.2, -0.15) is 0 Å². The zero-order chi connectivity index (χ0) is 24.5. The Balaban J connectivity index is 1.09. The first-order chi connectivity index (χ1) is 16.9. The number of nitrogens with zero attached hydrogens (tertiary/aromatic N) is 1. The maximum Gasteiger partial charge on any atom is 0.407 e. The Bertz CT molecular complexity index is 1080. The van der Waals surface area contributed by atoms with E-state index in [4.69, 9.17) is 4.74 Å². The predicted molar refractivity (Wildman–Crippen MR) is 131 cm³/mol. The van der Waals surface area contributed by atoms with E-state index in [1.54, 1.807) is 4.90 Å². The van der Waals surface area contributed by atoms with Crippen molar-refractivity contribution in [3.8, 4) is 11.1 Å². The Morgan fingerprint density at radius 2 is 1.63 bits per heavy atom. The second-order valence-electron chi connectivity index (χ2n) is 10.3. The predicted octanol–water partition coefficient (Wildman–Crippen LogP) is 4.41. The van der Waals surface area contributed by atoms with Gasteiger partial charge in [-0.3, -0.25) is 4.79 Å². The number of piperidine rings is 1. The van der Waals surface area contributed by atoms with Crippen LogP contribution >= 0.6 is 0 Å². The third-order valence-electron chi connectivity index (χ3n) is 7.79. The summed E-state index contributed by atoms with van der Waals surface area (Å²) in [4.78, 5) is 38.4. The van der Waals surface area contributed by atoms with E-state index < -0.39 is 18.1 Å². The quantitative estimate of drug-likeness (QED) is 0.644. The summed E-state index contributed by atoms with van der Waals surface area (Å²) in [7, 11) is 0. The molecule has 0 bridgehead atoms. The van der Waals surface area contributed by atoms with E-state index in [1.807, 2.05) is 24.3 Å². The van der Waals surface area contributed by atoms with Crippen LogP contribution in [0.3, 0.4) is 0 Å². The van der Waals surface area contributed by atoms with E-state index in [1.165, 1.54) is 22.3 Å². The SMILES string of the molecule is CC1CCC(C(=O)O)N(C(=O)CC2CC(NC(=O)OCC3c4ccccc4-c4ccccc43)C2)C1. The normalized spacial score (nSPS) is 25.2. The van der Waals surface area contributed by atoms with Crippen LogP contribution in [0.5, 0.6) is 0 Å². The molecule has 1 heterocycles. The fraction of sp³-hybridized carbons (Fsp3) is 0.464. The molecule has 2 fully saturated rings. The zero-order valence-electron chi connectivity index (χ0n) is 20.0. The number of carbonyl (C=O) groups is 3. The molecule has 1 saturated heterocycles. The monoisotopic (exact) mass is 476 g/mol. The Labute approximate surface area is 205 Å². The van der Waals surface area contributed by atoms with Gasteiger partial charge in [0.25, 0.3) is 0 Å². The van der Waals surface area contributed by atoms with Gasteiger partial charge in [0, 0.05) is 24.9 Å². The molecule has 2 amide bonds. The minimum Gasteiger partial charge on any atom is -0.480 e. The second kappa shape index (κ2) is 9.72. The summed E-state index contributed by atoms with van der Waals surface area (Å²) in [5, 5.41) is 12.4. The number of amides is 2. The Kier molecular flexibility index (Phi) is 6.50. The summed E-state index contributed by atoms with van der Waals surface area (Å²) in [6, 6.07) is 15.7. The average Bonchev–Trinajstić information content (AvgIpc) is 3.14. The first-order valence-corrected chi connectivity index (χ1v) is 12.5. The van der Waals surface area contributed by atoms with Crippen LogP contribution in [0.4, 0.5) is 4.79 Å². The zero-order valence-corrected chi connectivity index (χ0v) is 20.0. The molecule has 35 heavy (non-hydrogen) atoms. The first kappa shape index (κ1) is 23.4. The highest BCUT2D eigenvalue weighted by Crippen LogP contribution is 2.44. The lowest BCUT2D eigenvalue weighted by Crippen LogP contribution is -2.52. The van der Waals surface area contributed by atoms with Gasteiger partial charge in [0.1, 0.15) is 12.6 Å². The number of likely N-dealkylation sites (tertiary alicyclic amines) is 1. The van der Waals surface area contributed by atoms with Gasteiger partial charge in [0.05, 0.1) is 0 Å². The molecule has 7 nitrogen and oxygen atoms in total. The largest absolute Gasteiger partial charge is 0.480 e. The third kappa shape index (κ3) is 4.77. The van der Waals surface area contributed by atoms with Gasteiger partial charge in [-0.1, -0.05) is 55.5 Å². The molecular formula is C28H32N2O5. The van der Waals surface area contributed by atoms with Crippen molar-refractivity contribution in [3.05, 3.63) is 59.7 Å². The van der Waals surface area contributed by atoms with Crippen molar-refractivity contribution in [2.45, 2.75) is 57.0 Å². The summed E-state index contributed by atoms with van der Waals surface area (Å²) in [5.74, 6) is -0.511. The highest BCUT2D eigenvalue weighted by Gasteiger charge is 2.38. The summed E-state index contributed by atoms with van der Waals surface area (Å²) in [5.41, 5.74) is 4.74. The maximum absolute atomic E-state index is 12.8. The number of rotatable bonds is 6. The minimum absolute atomic E-state index is 0.0148. The number of aliphatic carboxylic acids is 1. The highest BCUT2D eigenvalue weighted by molar-refractivity contribution is 5.84. The average molecular weight is 477 g/mol. The third-order valence-corrected chi connectivity index (χ3v) is 7.79. The standard InChI is InChI=1S/C28H32N2O5/c1-17-10-11-25(27(32)33)30(15-17)26(31)14-18-12-19(13-18)29-28(34)35-16-24-22-8-4-2-6-20(22)21-7-3-5-9-23(21)24/h2-9,17-19,24-25H,10-16H2,1H3,(H,29,34)(H,32,33). The van der Waals surface area contributed by atoms with E-state index in [-0.39, 0.29) is 30.4 Å². The molecular weight excluding hydrogens is 444 g/mol. The Morgan fingerprint density at radius 3 is 2.26 bits per heavy atom. The van der Waals surface area contributed by atoms with Gasteiger partial charge < -0.3 is 20.1 Å². The summed E-state index contributed by atoms with van der Waals surface area (Å²) < 4.78 is 5.62. The number of carbonyl (C=O) groups excluding carboxylic acids is 2. The van der Waals surface area contributed by atoms with Crippen molar-refractivity contribution >= 4 is 18.0 Å². The Hall–Kier alpha value is -3.35. The maximum atomic E-state index is 12.8. The molecule has 2 aromatic carbocycles. The van der Waals surface area contributed by atoms with Crippen molar-refractivity contribution in [2.24, 2.45) is 11.8 Å². The van der Waals surface area contributed by atoms with Gasteiger partial charge in [-0.15, -0.1) is 0 Å². The molecule has 5 rings (SSSR count). The number of nitrogens with one attached hydrogen (secondary N) is 1. The number of alkyl carbamates (subject to hydrolysis) is 1. The van der Waals surface area contributed by atoms with Crippen molar-refractivity contribution in [1.29, 1.82) is 0 Å². The number of hydrogen-bond acceptors (Lipinski definition) is 4. The van der Waals surface area contributed by atoms with E-state index in [2.05, 4.69) is 36.5 Å². The molecule has 3 aliphatic rings. The number of carboxylic acid groups (broad SMARTS) is 1. The van der Waals surface area contributed by atoms with Crippen LogP contribution in [-0.4, -0.2) is 53.2 Å². The molecule has 2 aromatic rings.